The van der Waals surface area contributed by atoms with Gasteiger partial charge in [-0.2, -0.15) is 0 Å². The van der Waals surface area contributed by atoms with Crippen LogP contribution in [0.25, 0.3) is 0 Å². The molecule has 2 saturated heterocycles. The molecule has 4 rings (SSSR count). The van der Waals surface area contributed by atoms with E-state index in [9.17, 15) is 9.59 Å². The summed E-state index contributed by atoms with van der Waals surface area (Å²) in [4.78, 5) is 28.9. The van der Waals surface area contributed by atoms with Crippen LogP contribution in [0, 0.1) is 5.92 Å². The summed E-state index contributed by atoms with van der Waals surface area (Å²) in [7, 11) is 0. The summed E-state index contributed by atoms with van der Waals surface area (Å²) >= 11 is 0. The number of rotatable bonds is 3. The summed E-state index contributed by atoms with van der Waals surface area (Å²) in [6, 6.07) is 9.60. The first kappa shape index (κ1) is 15.6. The highest BCUT2D eigenvalue weighted by Gasteiger charge is 2.50. The fourth-order valence-electron chi connectivity index (χ4n) is 3.85. The van der Waals surface area contributed by atoms with Gasteiger partial charge >= 0.3 is 0 Å². The molecule has 0 unspecified atom stereocenters. The molecule has 1 aliphatic carbocycles. The van der Waals surface area contributed by atoms with E-state index in [0.717, 1.165) is 18.7 Å². The van der Waals surface area contributed by atoms with Gasteiger partial charge in [0.15, 0.2) is 0 Å². The smallest absolute Gasteiger partial charge is 0.253 e. The van der Waals surface area contributed by atoms with E-state index in [0.29, 0.717) is 18.9 Å². The average Bonchev–Trinajstić information content (AvgIpc) is 3.39. The van der Waals surface area contributed by atoms with Crippen molar-refractivity contribution in [1.29, 1.82) is 0 Å². The lowest BCUT2D eigenvalue weighted by Crippen LogP contribution is -2.68. The predicted molar refractivity (Wildman–Crippen MR) is 90.6 cm³/mol. The van der Waals surface area contributed by atoms with Gasteiger partial charge in [0.05, 0.1) is 11.6 Å². The van der Waals surface area contributed by atoms with E-state index in [2.05, 4.69) is 6.92 Å². The van der Waals surface area contributed by atoms with Crippen LogP contribution in [0.1, 0.15) is 32.6 Å². The fraction of sp³-hybridized carbons (Fsp3) is 0.579. The summed E-state index contributed by atoms with van der Waals surface area (Å²) < 4.78 is 5.93. The van der Waals surface area contributed by atoms with Crippen LogP contribution in [0.5, 0.6) is 0 Å². The molecule has 3 aliphatic rings. The molecule has 128 valence electrons. The second kappa shape index (κ2) is 5.88. The molecule has 0 N–H and O–H groups in total. The van der Waals surface area contributed by atoms with Crippen LogP contribution in [0.4, 0.5) is 5.69 Å². The summed E-state index contributed by atoms with van der Waals surface area (Å²) in [5.74, 6) is 0.783. The molecule has 1 aromatic carbocycles. The molecule has 0 spiro atoms. The second-order valence-electron chi connectivity index (χ2n) is 7.45. The van der Waals surface area contributed by atoms with E-state index in [1.807, 2.05) is 40.1 Å². The number of amides is 2. The zero-order valence-corrected chi connectivity index (χ0v) is 14.1. The minimum atomic E-state index is -0.389. The third-order valence-corrected chi connectivity index (χ3v) is 5.63. The molecule has 1 aromatic rings. The predicted octanol–water partition coefficient (Wildman–Crippen LogP) is 2.21. The van der Waals surface area contributed by atoms with Crippen LogP contribution >= 0.6 is 0 Å². The minimum Gasteiger partial charge on any atom is -0.363 e. The molecule has 0 aromatic heterocycles. The Balaban J connectivity index is 1.59. The van der Waals surface area contributed by atoms with E-state index in [1.54, 1.807) is 0 Å². The number of benzene rings is 1. The number of nitrogens with zero attached hydrogens (tertiary/aromatic N) is 2. The Bertz CT molecular complexity index is 643. The van der Waals surface area contributed by atoms with Crippen molar-refractivity contribution < 1.29 is 14.3 Å². The first-order valence-corrected chi connectivity index (χ1v) is 8.86. The van der Waals surface area contributed by atoms with Gasteiger partial charge in [-0.15, -0.1) is 0 Å². The van der Waals surface area contributed by atoms with Crippen LogP contribution in [-0.2, 0) is 14.3 Å². The number of para-hydroxylation sites is 1. The van der Waals surface area contributed by atoms with Crippen LogP contribution in [0.2, 0.25) is 0 Å². The molecule has 24 heavy (non-hydrogen) atoms. The zero-order chi connectivity index (χ0) is 16.7. The Morgan fingerprint density at radius 3 is 2.75 bits per heavy atom. The Morgan fingerprint density at radius 2 is 2.04 bits per heavy atom. The van der Waals surface area contributed by atoms with E-state index in [1.165, 1.54) is 12.8 Å². The molecule has 1 saturated carbocycles. The Kier molecular flexibility index (Phi) is 3.83. The molecule has 2 amide bonds. The van der Waals surface area contributed by atoms with E-state index < -0.39 is 0 Å². The van der Waals surface area contributed by atoms with Gasteiger partial charge in [-0.25, -0.2) is 0 Å². The van der Waals surface area contributed by atoms with Crippen molar-refractivity contribution in [3.8, 4) is 0 Å². The van der Waals surface area contributed by atoms with Gasteiger partial charge in [-0.05, 0) is 44.2 Å². The van der Waals surface area contributed by atoms with Crippen LogP contribution in [-0.4, -0.2) is 48.1 Å². The number of ether oxygens (including phenoxy) is 1. The molecule has 2 atom stereocenters. The molecular formula is C19H24N2O3. The topological polar surface area (TPSA) is 49.9 Å². The maximum absolute atomic E-state index is 12.6. The highest BCUT2D eigenvalue weighted by Crippen LogP contribution is 2.38. The number of hydrogen-bond acceptors (Lipinski definition) is 3. The number of morpholine rings is 1. The SMILES string of the molecule is C[C@@]12CCN(C(=O)CC3CC3)C[C@H]1N(c1ccccc1)C(=O)CO2. The van der Waals surface area contributed by atoms with Crippen molar-refractivity contribution in [2.45, 2.75) is 44.2 Å². The van der Waals surface area contributed by atoms with Gasteiger partial charge in [-0.1, -0.05) is 18.2 Å². The minimum absolute atomic E-state index is 0.0276. The van der Waals surface area contributed by atoms with Gasteiger partial charge in [0.25, 0.3) is 5.91 Å². The van der Waals surface area contributed by atoms with E-state index >= 15 is 0 Å². The molecular weight excluding hydrogens is 304 g/mol. The van der Waals surface area contributed by atoms with Crippen LogP contribution < -0.4 is 4.90 Å². The lowest BCUT2D eigenvalue weighted by molar-refractivity contribution is -0.156. The number of carbonyl (C=O) groups excluding carboxylic acids is 2. The number of carbonyl (C=O) groups is 2. The molecule has 3 fully saturated rings. The molecule has 0 radical (unpaired) electrons. The van der Waals surface area contributed by atoms with Crippen molar-refractivity contribution in [3.63, 3.8) is 0 Å². The normalized spacial score (nSPS) is 30.2. The number of piperidine rings is 1. The highest BCUT2D eigenvalue weighted by atomic mass is 16.5. The standard InChI is InChI=1S/C19H24N2O3/c1-19-9-10-20(17(22)11-14-7-8-14)12-16(19)21(18(23)13-24-19)15-5-3-2-4-6-15/h2-6,14,16H,7-13H2,1H3/t16-,19-/m1/s1. The van der Waals surface area contributed by atoms with Crippen molar-refractivity contribution >= 4 is 17.5 Å². The number of anilines is 1. The monoisotopic (exact) mass is 328 g/mol. The molecule has 2 aliphatic heterocycles. The Morgan fingerprint density at radius 1 is 1.29 bits per heavy atom. The van der Waals surface area contributed by atoms with Gasteiger partial charge in [0, 0.05) is 25.2 Å². The maximum Gasteiger partial charge on any atom is 0.253 e. The Labute approximate surface area is 142 Å². The van der Waals surface area contributed by atoms with Crippen molar-refractivity contribution in [3.05, 3.63) is 30.3 Å². The summed E-state index contributed by atoms with van der Waals surface area (Å²) in [6.07, 6.45) is 3.78. The third kappa shape index (κ3) is 2.81. The first-order chi connectivity index (χ1) is 11.6. The zero-order valence-electron chi connectivity index (χ0n) is 14.1. The van der Waals surface area contributed by atoms with Gasteiger partial charge in [0.1, 0.15) is 6.61 Å². The van der Waals surface area contributed by atoms with Crippen LogP contribution in [0.15, 0.2) is 30.3 Å². The summed E-state index contributed by atoms with van der Waals surface area (Å²) in [5, 5.41) is 0. The number of likely N-dealkylation sites (tertiary alicyclic amines) is 1. The highest BCUT2D eigenvalue weighted by molar-refractivity contribution is 5.96. The van der Waals surface area contributed by atoms with Gasteiger partial charge in [-0.3, -0.25) is 9.59 Å². The largest absolute Gasteiger partial charge is 0.363 e. The van der Waals surface area contributed by atoms with Crippen molar-refractivity contribution in [2.24, 2.45) is 5.92 Å². The van der Waals surface area contributed by atoms with Gasteiger partial charge in [0.2, 0.25) is 5.91 Å². The number of hydrogen-bond donors (Lipinski definition) is 0. The van der Waals surface area contributed by atoms with E-state index in [-0.39, 0.29) is 30.1 Å². The molecule has 0 bridgehead atoms. The molecule has 5 heteroatoms. The summed E-state index contributed by atoms with van der Waals surface area (Å²) in [5.41, 5.74) is 0.499. The molecule has 5 nitrogen and oxygen atoms in total. The lowest BCUT2D eigenvalue weighted by atomic mass is 9.85. The van der Waals surface area contributed by atoms with E-state index in [4.69, 9.17) is 4.74 Å². The maximum atomic E-state index is 12.6. The second-order valence-corrected chi connectivity index (χ2v) is 7.45. The van der Waals surface area contributed by atoms with Crippen molar-refractivity contribution in [1.82, 2.24) is 4.90 Å². The Hall–Kier alpha value is -1.88. The summed E-state index contributed by atoms with van der Waals surface area (Å²) in [6.45, 7) is 3.46. The number of fused-ring (bicyclic) bond motifs is 1. The first-order valence-electron chi connectivity index (χ1n) is 8.86. The van der Waals surface area contributed by atoms with Crippen LogP contribution in [0.3, 0.4) is 0 Å². The van der Waals surface area contributed by atoms with Crippen molar-refractivity contribution in [2.75, 3.05) is 24.6 Å². The average molecular weight is 328 g/mol. The fourth-order valence-corrected chi connectivity index (χ4v) is 3.85. The third-order valence-electron chi connectivity index (χ3n) is 5.63. The molecule has 2 heterocycles. The lowest BCUT2D eigenvalue weighted by Gasteiger charge is -2.52. The van der Waals surface area contributed by atoms with Gasteiger partial charge < -0.3 is 14.5 Å². The quantitative estimate of drug-likeness (QED) is 0.855.